The van der Waals surface area contributed by atoms with Crippen LogP contribution in [0.25, 0.3) is 0 Å². The monoisotopic (exact) mass is 169 g/mol. The highest BCUT2D eigenvalue weighted by molar-refractivity contribution is 5.07. The normalized spacial score (nSPS) is 38.2. The van der Waals surface area contributed by atoms with Gasteiger partial charge in [0.2, 0.25) is 0 Å². The van der Waals surface area contributed by atoms with Gasteiger partial charge in [-0.3, -0.25) is 0 Å². The summed E-state index contributed by atoms with van der Waals surface area (Å²) >= 11 is 0. The summed E-state index contributed by atoms with van der Waals surface area (Å²) in [6.07, 6.45) is 0. The van der Waals surface area contributed by atoms with Crippen LogP contribution in [0.15, 0.2) is 0 Å². The Balaban J connectivity index is 0.000000336. The van der Waals surface area contributed by atoms with Crippen molar-refractivity contribution in [3.8, 4) is 0 Å². The summed E-state index contributed by atoms with van der Waals surface area (Å²) in [4.78, 5) is 0. The zero-order valence-electron chi connectivity index (χ0n) is 9.15. The molecule has 1 aliphatic heterocycles. The van der Waals surface area contributed by atoms with E-state index in [1.165, 1.54) is 13.1 Å². The molecule has 0 amide bonds. The number of piperidine rings is 1. The zero-order chi connectivity index (χ0) is 9.35. The van der Waals surface area contributed by atoms with E-state index in [4.69, 9.17) is 0 Å². The van der Waals surface area contributed by atoms with Crippen LogP contribution < -0.4 is 5.32 Å². The highest BCUT2D eigenvalue weighted by atomic mass is 15.0. The SMILES string of the molecule is CC.CC(C)(C)C1C2CNCC21. The first-order valence-corrected chi connectivity index (χ1v) is 5.31. The summed E-state index contributed by atoms with van der Waals surface area (Å²) in [6.45, 7) is 13.7. The van der Waals surface area contributed by atoms with Gasteiger partial charge in [-0.15, -0.1) is 0 Å². The largest absolute Gasteiger partial charge is 0.316 e. The van der Waals surface area contributed by atoms with Gasteiger partial charge in [0, 0.05) is 0 Å². The minimum atomic E-state index is 0.567. The second kappa shape index (κ2) is 3.37. The highest BCUT2D eigenvalue weighted by Crippen LogP contribution is 2.57. The molecule has 2 unspecified atom stereocenters. The van der Waals surface area contributed by atoms with E-state index >= 15 is 0 Å². The van der Waals surface area contributed by atoms with E-state index in [9.17, 15) is 0 Å². The molecule has 2 rings (SSSR count). The number of nitrogens with one attached hydrogen (secondary N) is 1. The lowest BCUT2D eigenvalue weighted by Crippen LogP contribution is -2.21. The van der Waals surface area contributed by atoms with Crippen LogP contribution in [0.4, 0.5) is 0 Å². The topological polar surface area (TPSA) is 12.0 Å². The molecule has 2 fully saturated rings. The molecule has 0 bridgehead atoms. The third-order valence-corrected chi connectivity index (χ3v) is 3.09. The molecule has 1 heterocycles. The van der Waals surface area contributed by atoms with Crippen molar-refractivity contribution < 1.29 is 0 Å². The Morgan fingerprint density at radius 1 is 1.00 bits per heavy atom. The molecule has 1 N–H and O–H groups in total. The zero-order valence-corrected chi connectivity index (χ0v) is 9.15. The van der Waals surface area contributed by atoms with Crippen LogP contribution in [0.5, 0.6) is 0 Å². The van der Waals surface area contributed by atoms with Gasteiger partial charge >= 0.3 is 0 Å². The van der Waals surface area contributed by atoms with Crippen molar-refractivity contribution in [2.24, 2.45) is 23.2 Å². The first-order valence-electron chi connectivity index (χ1n) is 5.31. The summed E-state index contributed by atoms with van der Waals surface area (Å²) in [5, 5.41) is 3.42. The van der Waals surface area contributed by atoms with Gasteiger partial charge in [0.1, 0.15) is 0 Å². The van der Waals surface area contributed by atoms with Gasteiger partial charge < -0.3 is 5.32 Å². The van der Waals surface area contributed by atoms with E-state index in [0.29, 0.717) is 5.41 Å². The Morgan fingerprint density at radius 3 is 1.67 bits per heavy atom. The van der Waals surface area contributed by atoms with Crippen molar-refractivity contribution in [3.63, 3.8) is 0 Å². The van der Waals surface area contributed by atoms with E-state index < -0.39 is 0 Å². The molecule has 12 heavy (non-hydrogen) atoms. The third-order valence-electron chi connectivity index (χ3n) is 3.09. The predicted molar refractivity (Wildman–Crippen MR) is 54.1 cm³/mol. The third kappa shape index (κ3) is 1.66. The number of hydrogen-bond acceptors (Lipinski definition) is 1. The summed E-state index contributed by atoms with van der Waals surface area (Å²) in [5.74, 6) is 3.08. The second-order valence-electron chi connectivity index (χ2n) is 4.88. The summed E-state index contributed by atoms with van der Waals surface area (Å²) < 4.78 is 0. The maximum Gasteiger partial charge on any atom is -0.00142 e. The van der Waals surface area contributed by atoms with Crippen molar-refractivity contribution in [1.82, 2.24) is 5.32 Å². The van der Waals surface area contributed by atoms with E-state index in [-0.39, 0.29) is 0 Å². The quantitative estimate of drug-likeness (QED) is 0.587. The molecule has 0 spiro atoms. The van der Waals surface area contributed by atoms with Crippen molar-refractivity contribution in [2.75, 3.05) is 13.1 Å². The van der Waals surface area contributed by atoms with Crippen molar-refractivity contribution in [2.45, 2.75) is 34.6 Å². The van der Waals surface area contributed by atoms with Gasteiger partial charge in [0.05, 0.1) is 0 Å². The molecule has 2 atom stereocenters. The molecule has 0 aromatic rings. The van der Waals surface area contributed by atoms with Gasteiger partial charge in [-0.25, -0.2) is 0 Å². The summed E-state index contributed by atoms with van der Waals surface area (Å²) in [5.41, 5.74) is 0.567. The molecular formula is C11H23N. The first-order chi connectivity index (χ1) is 5.61. The molecule has 2 aliphatic rings. The van der Waals surface area contributed by atoms with Crippen molar-refractivity contribution >= 4 is 0 Å². The lowest BCUT2D eigenvalue weighted by atomic mass is 9.87. The number of fused-ring (bicyclic) bond motifs is 1. The molecule has 1 aliphatic carbocycles. The molecule has 1 saturated carbocycles. The molecule has 1 saturated heterocycles. The molecular weight excluding hydrogens is 146 g/mol. The van der Waals surface area contributed by atoms with E-state index in [0.717, 1.165) is 17.8 Å². The smallest absolute Gasteiger partial charge is 0.00142 e. The Bertz CT molecular complexity index is 136. The fourth-order valence-electron chi connectivity index (χ4n) is 2.70. The van der Waals surface area contributed by atoms with Crippen molar-refractivity contribution in [3.05, 3.63) is 0 Å². The standard InChI is InChI=1S/C9H17N.C2H6/c1-9(2,3)8-6-4-10-5-7(6)8;1-2/h6-8,10H,4-5H2,1-3H3;1-2H3. The van der Waals surface area contributed by atoms with Crippen LogP contribution in [0, 0.1) is 23.2 Å². The Morgan fingerprint density at radius 2 is 1.42 bits per heavy atom. The van der Waals surface area contributed by atoms with Crippen LogP contribution in [0.2, 0.25) is 0 Å². The molecule has 1 nitrogen and oxygen atoms in total. The van der Waals surface area contributed by atoms with Gasteiger partial charge in [-0.2, -0.15) is 0 Å². The van der Waals surface area contributed by atoms with Gasteiger partial charge in [-0.1, -0.05) is 34.6 Å². The average molecular weight is 169 g/mol. The molecule has 0 radical (unpaired) electrons. The lowest BCUT2D eigenvalue weighted by Gasteiger charge is -2.20. The van der Waals surface area contributed by atoms with Crippen LogP contribution in [0.3, 0.4) is 0 Å². The minimum Gasteiger partial charge on any atom is -0.316 e. The van der Waals surface area contributed by atoms with Crippen LogP contribution in [-0.2, 0) is 0 Å². The van der Waals surface area contributed by atoms with Gasteiger partial charge in [0.15, 0.2) is 0 Å². The maximum atomic E-state index is 3.42. The van der Waals surface area contributed by atoms with E-state index in [1.54, 1.807) is 0 Å². The predicted octanol–water partition coefficient (Wildman–Crippen LogP) is 2.52. The maximum absolute atomic E-state index is 3.42. The second-order valence-corrected chi connectivity index (χ2v) is 4.88. The molecule has 72 valence electrons. The Hall–Kier alpha value is -0.0400. The van der Waals surface area contributed by atoms with Crippen molar-refractivity contribution in [1.29, 1.82) is 0 Å². The van der Waals surface area contributed by atoms with Gasteiger partial charge in [0.25, 0.3) is 0 Å². The summed E-state index contributed by atoms with van der Waals surface area (Å²) in [6, 6.07) is 0. The summed E-state index contributed by atoms with van der Waals surface area (Å²) in [7, 11) is 0. The van der Waals surface area contributed by atoms with E-state index in [2.05, 4.69) is 26.1 Å². The first kappa shape index (κ1) is 10.0. The van der Waals surface area contributed by atoms with Crippen LogP contribution >= 0.6 is 0 Å². The van der Waals surface area contributed by atoms with Crippen LogP contribution in [0.1, 0.15) is 34.6 Å². The fourth-order valence-corrected chi connectivity index (χ4v) is 2.70. The van der Waals surface area contributed by atoms with Gasteiger partial charge in [-0.05, 0) is 36.3 Å². The molecule has 0 aromatic heterocycles. The number of hydrogen-bond donors (Lipinski definition) is 1. The van der Waals surface area contributed by atoms with Crippen LogP contribution in [-0.4, -0.2) is 13.1 Å². The average Bonchev–Trinajstić information content (AvgIpc) is 2.53. The Kier molecular flexibility index (Phi) is 2.82. The molecule has 1 heteroatoms. The minimum absolute atomic E-state index is 0.567. The highest BCUT2D eigenvalue weighted by Gasteiger charge is 2.57. The lowest BCUT2D eigenvalue weighted by molar-refractivity contribution is 0.303. The molecule has 0 aromatic carbocycles. The Labute approximate surface area is 76.9 Å². The van der Waals surface area contributed by atoms with E-state index in [1.807, 2.05) is 13.8 Å². The number of rotatable bonds is 0. The fraction of sp³-hybridized carbons (Fsp3) is 1.00.